The Morgan fingerprint density at radius 3 is 2.70 bits per heavy atom. The monoisotopic (exact) mass is 573 g/mol. The van der Waals surface area contributed by atoms with Gasteiger partial charge in [-0.15, -0.1) is 0 Å². The van der Waals surface area contributed by atoms with E-state index in [0.717, 1.165) is 56.8 Å². The number of aromatic nitrogens is 6. The number of pyridine rings is 3. The molecule has 7 rings (SSSR count). The van der Waals surface area contributed by atoms with Crippen molar-refractivity contribution in [2.45, 2.75) is 12.8 Å². The number of allylic oxidation sites excluding steroid dienone is 1. The van der Waals surface area contributed by atoms with Gasteiger partial charge in [-0.2, -0.15) is 5.10 Å². The standard InChI is InChI=1S/C33H32FN9/c1-19(20-4-5-20)38-25-14-22(17-35-18-25)27-6-7-29-32(40-27)33(42-41-29)30-16-26-28(39-30)8-9-37-31(26)21-12-23(34)15-24(13-21)36-10-11-43(2)3/h6-9,12-18,20,36,38-39H,1,4-5,10-11H2,2-3H3,(H,41,42). The molecule has 0 radical (unpaired) electrons. The van der Waals surface area contributed by atoms with E-state index in [1.165, 1.54) is 25.0 Å². The van der Waals surface area contributed by atoms with Crippen LogP contribution in [0.15, 0.2) is 79.4 Å². The second kappa shape index (κ2) is 11.0. The van der Waals surface area contributed by atoms with Crippen LogP contribution in [0.2, 0.25) is 0 Å². The molecule has 1 aliphatic carbocycles. The molecular formula is C33H32FN9. The van der Waals surface area contributed by atoms with Crippen LogP contribution < -0.4 is 10.6 Å². The Balaban J connectivity index is 1.23. The van der Waals surface area contributed by atoms with Crippen LogP contribution in [0, 0.1) is 11.7 Å². The first-order chi connectivity index (χ1) is 20.9. The summed E-state index contributed by atoms with van der Waals surface area (Å²) in [5.41, 5.74) is 9.61. The molecule has 0 amide bonds. The molecular weight excluding hydrogens is 541 g/mol. The molecule has 43 heavy (non-hydrogen) atoms. The Morgan fingerprint density at radius 1 is 1.00 bits per heavy atom. The van der Waals surface area contributed by atoms with Crippen LogP contribution in [-0.2, 0) is 0 Å². The fourth-order valence-electron chi connectivity index (χ4n) is 5.28. The highest BCUT2D eigenvalue weighted by Crippen LogP contribution is 2.37. The van der Waals surface area contributed by atoms with Gasteiger partial charge in [-0.1, -0.05) is 6.58 Å². The maximum atomic E-state index is 14.7. The molecule has 1 saturated carbocycles. The molecule has 9 nitrogen and oxygen atoms in total. The van der Waals surface area contributed by atoms with Crippen LogP contribution in [0.4, 0.5) is 15.8 Å². The first-order valence-corrected chi connectivity index (χ1v) is 14.4. The summed E-state index contributed by atoms with van der Waals surface area (Å²) in [6, 6.07) is 14.8. The van der Waals surface area contributed by atoms with E-state index in [1.54, 1.807) is 12.4 Å². The zero-order valence-corrected chi connectivity index (χ0v) is 24.1. The number of halogens is 1. The number of H-pyrrole nitrogens is 2. The summed E-state index contributed by atoms with van der Waals surface area (Å²) in [5.74, 6) is 0.228. The zero-order chi connectivity index (χ0) is 29.5. The molecule has 0 spiro atoms. The third kappa shape index (κ3) is 5.56. The quantitative estimate of drug-likeness (QED) is 0.145. The van der Waals surface area contributed by atoms with E-state index in [-0.39, 0.29) is 5.82 Å². The molecule has 1 aliphatic rings. The van der Waals surface area contributed by atoms with E-state index in [9.17, 15) is 4.39 Å². The average molecular weight is 574 g/mol. The number of hydrogen-bond donors (Lipinski definition) is 4. The summed E-state index contributed by atoms with van der Waals surface area (Å²) in [5, 5.41) is 15.3. The lowest BCUT2D eigenvalue weighted by Gasteiger charge is -2.12. The minimum atomic E-state index is -0.319. The van der Waals surface area contributed by atoms with E-state index in [1.807, 2.05) is 56.7 Å². The number of anilines is 2. The Hall–Kier alpha value is -5.09. The summed E-state index contributed by atoms with van der Waals surface area (Å²) < 4.78 is 14.7. The van der Waals surface area contributed by atoms with Crippen molar-refractivity contribution >= 4 is 33.3 Å². The molecule has 0 unspecified atom stereocenters. The number of hydrogen-bond acceptors (Lipinski definition) is 7. The van der Waals surface area contributed by atoms with Gasteiger partial charge in [-0.25, -0.2) is 9.37 Å². The Labute approximate surface area is 248 Å². The van der Waals surface area contributed by atoms with Crippen LogP contribution in [0.5, 0.6) is 0 Å². The lowest BCUT2D eigenvalue weighted by atomic mass is 10.1. The fourth-order valence-corrected chi connectivity index (χ4v) is 5.28. The van der Waals surface area contributed by atoms with Gasteiger partial charge in [0, 0.05) is 58.9 Å². The maximum Gasteiger partial charge on any atom is 0.135 e. The summed E-state index contributed by atoms with van der Waals surface area (Å²) in [7, 11) is 4.01. The first-order valence-electron chi connectivity index (χ1n) is 14.4. The lowest BCUT2D eigenvalue weighted by Crippen LogP contribution is -2.20. The third-order valence-electron chi connectivity index (χ3n) is 7.68. The van der Waals surface area contributed by atoms with Crippen LogP contribution >= 0.6 is 0 Å². The maximum absolute atomic E-state index is 14.7. The number of fused-ring (bicyclic) bond motifs is 2. The smallest absolute Gasteiger partial charge is 0.135 e. The highest BCUT2D eigenvalue weighted by atomic mass is 19.1. The topological polar surface area (TPSA) is 110 Å². The summed E-state index contributed by atoms with van der Waals surface area (Å²) in [4.78, 5) is 19.6. The van der Waals surface area contributed by atoms with Gasteiger partial charge in [-0.3, -0.25) is 15.1 Å². The predicted octanol–water partition coefficient (Wildman–Crippen LogP) is 6.68. The number of benzene rings is 1. The summed E-state index contributed by atoms with van der Waals surface area (Å²) >= 11 is 0. The van der Waals surface area contributed by atoms with Crippen molar-refractivity contribution in [2.75, 3.05) is 37.8 Å². The van der Waals surface area contributed by atoms with Crippen molar-refractivity contribution in [3.63, 3.8) is 0 Å². The molecule has 0 bridgehead atoms. The van der Waals surface area contributed by atoms with Crippen LogP contribution in [0.1, 0.15) is 12.8 Å². The van der Waals surface area contributed by atoms with Gasteiger partial charge in [0.25, 0.3) is 0 Å². The highest BCUT2D eigenvalue weighted by molar-refractivity contribution is 5.99. The number of rotatable bonds is 10. The Morgan fingerprint density at radius 2 is 1.86 bits per heavy atom. The first kappa shape index (κ1) is 26.8. The Kier molecular flexibility index (Phi) is 6.83. The van der Waals surface area contributed by atoms with E-state index in [2.05, 4.69) is 47.3 Å². The van der Waals surface area contributed by atoms with Crippen molar-refractivity contribution in [3.05, 3.63) is 85.2 Å². The normalized spacial score (nSPS) is 13.2. The number of likely N-dealkylation sites (N-methyl/N-ethyl adjacent to an activating group) is 1. The van der Waals surface area contributed by atoms with E-state index in [0.29, 0.717) is 35.1 Å². The largest absolute Gasteiger partial charge is 0.384 e. The second-order valence-electron chi connectivity index (χ2n) is 11.3. The molecule has 4 N–H and O–H groups in total. The molecule has 216 valence electrons. The van der Waals surface area contributed by atoms with Gasteiger partial charge in [0.15, 0.2) is 0 Å². The molecule has 1 aromatic carbocycles. The summed E-state index contributed by atoms with van der Waals surface area (Å²) in [6.07, 6.45) is 7.71. The average Bonchev–Trinajstić information content (AvgIpc) is 3.62. The Bertz CT molecular complexity index is 1970. The minimum absolute atomic E-state index is 0.319. The van der Waals surface area contributed by atoms with E-state index in [4.69, 9.17) is 4.98 Å². The predicted molar refractivity (Wildman–Crippen MR) is 170 cm³/mol. The second-order valence-corrected chi connectivity index (χ2v) is 11.3. The molecule has 0 aliphatic heterocycles. The minimum Gasteiger partial charge on any atom is -0.384 e. The van der Waals surface area contributed by atoms with E-state index >= 15 is 0 Å². The van der Waals surface area contributed by atoms with Gasteiger partial charge in [-0.05, 0) is 81.4 Å². The van der Waals surface area contributed by atoms with Crippen molar-refractivity contribution in [1.82, 2.24) is 35.0 Å². The molecule has 0 atom stereocenters. The van der Waals surface area contributed by atoms with Gasteiger partial charge < -0.3 is 20.5 Å². The number of nitrogens with zero attached hydrogens (tertiary/aromatic N) is 5. The van der Waals surface area contributed by atoms with Crippen molar-refractivity contribution < 1.29 is 4.39 Å². The van der Waals surface area contributed by atoms with Gasteiger partial charge in [0.2, 0.25) is 0 Å². The van der Waals surface area contributed by atoms with Crippen molar-refractivity contribution in [1.29, 1.82) is 0 Å². The third-order valence-corrected chi connectivity index (χ3v) is 7.68. The number of nitrogens with one attached hydrogen (secondary N) is 4. The van der Waals surface area contributed by atoms with Gasteiger partial charge in [0.1, 0.15) is 17.0 Å². The molecule has 5 heterocycles. The molecule has 6 aromatic rings. The lowest BCUT2D eigenvalue weighted by molar-refractivity contribution is 0.425. The zero-order valence-electron chi connectivity index (χ0n) is 24.1. The van der Waals surface area contributed by atoms with Crippen LogP contribution in [0.3, 0.4) is 0 Å². The van der Waals surface area contributed by atoms with Crippen LogP contribution in [-0.4, -0.2) is 62.2 Å². The van der Waals surface area contributed by atoms with Crippen molar-refractivity contribution in [3.8, 4) is 33.9 Å². The van der Waals surface area contributed by atoms with Crippen molar-refractivity contribution in [2.24, 2.45) is 5.92 Å². The molecule has 10 heteroatoms. The van der Waals surface area contributed by atoms with E-state index < -0.39 is 0 Å². The number of aromatic amines is 2. The molecule has 0 saturated heterocycles. The fraction of sp³-hybridized carbons (Fsp3) is 0.212. The summed E-state index contributed by atoms with van der Waals surface area (Å²) in [6.45, 7) is 5.71. The molecule has 1 fully saturated rings. The highest BCUT2D eigenvalue weighted by Gasteiger charge is 2.24. The van der Waals surface area contributed by atoms with Gasteiger partial charge >= 0.3 is 0 Å². The SMILES string of the molecule is C=C(Nc1cncc(-c2ccc3[nH]nc(-c4cc5c(-c6cc(F)cc(NCCN(C)C)c6)nccc5[nH]4)c3n2)c1)C1CC1. The van der Waals surface area contributed by atoms with Crippen LogP contribution in [0.25, 0.3) is 55.8 Å². The van der Waals surface area contributed by atoms with Gasteiger partial charge in [0.05, 0.1) is 34.5 Å². The molecule has 5 aromatic heterocycles.